The molecule has 11 heteroatoms. The van der Waals surface area contributed by atoms with Crippen molar-refractivity contribution in [1.29, 1.82) is 0 Å². The Morgan fingerprint density at radius 2 is 1.61 bits per heavy atom. The molecule has 3 aromatic rings. The molecular formula is C30H34N2O8S. The average molecular weight is 583 g/mol. The number of benzene rings is 2. The van der Waals surface area contributed by atoms with Crippen LogP contribution in [0.1, 0.15) is 43.9 Å². The molecule has 0 saturated carbocycles. The molecule has 0 radical (unpaired) electrons. The van der Waals surface area contributed by atoms with Crippen molar-refractivity contribution in [2.75, 3.05) is 42.2 Å². The highest BCUT2D eigenvalue weighted by Gasteiger charge is 2.36. The van der Waals surface area contributed by atoms with Crippen molar-refractivity contribution < 1.29 is 33.2 Å². The molecule has 2 aromatic carbocycles. The molecular weight excluding hydrogens is 548 g/mol. The summed E-state index contributed by atoms with van der Waals surface area (Å²) in [7, 11) is 7.71. The van der Waals surface area contributed by atoms with Crippen LogP contribution < -0.4 is 38.6 Å². The third kappa shape index (κ3) is 5.67. The van der Waals surface area contributed by atoms with Crippen LogP contribution in [0.4, 0.5) is 0 Å². The van der Waals surface area contributed by atoms with Crippen molar-refractivity contribution in [2.45, 2.75) is 32.7 Å². The first-order valence-corrected chi connectivity index (χ1v) is 13.9. The minimum atomic E-state index is -0.855. The third-order valence-corrected chi connectivity index (χ3v) is 7.63. The Kier molecular flexibility index (Phi) is 9.38. The number of rotatable bonds is 11. The van der Waals surface area contributed by atoms with Gasteiger partial charge in [-0.05, 0) is 43.7 Å². The predicted octanol–water partition coefficient (Wildman–Crippen LogP) is 3.62. The smallest absolute Gasteiger partial charge is 0.338 e. The zero-order valence-electron chi connectivity index (χ0n) is 24.2. The number of methoxy groups -OCH3 is 5. The number of thiazole rings is 1. The van der Waals surface area contributed by atoms with E-state index in [1.807, 2.05) is 6.92 Å². The van der Waals surface area contributed by atoms with Crippen LogP contribution in [0.25, 0.3) is 6.08 Å². The first-order chi connectivity index (χ1) is 19.8. The van der Waals surface area contributed by atoms with Gasteiger partial charge in [-0.15, -0.1) is 0 Å². The second-order valence-corrected chi connectivity index (χ2v) is 9.98. The van der Waals surface area contributed by atoms with Crippen molar-refractivity contribution in [3.05, 3.63) is 72.4 Å². The van der Waals surface area contributed by atoms with Gasteiger partial charge in [-0.25, -0.2) is 9.79 Å². The van der Waals surface area contributed by atoms with Gasteiger partial charge < -0.3 is 28.4 Å². The molecule has 0 amide bonds. The van der Waals surface area contributed by atoms with Gasteiger partial charge in [0.05, 0.1) is 58.0 Å². The minimum Gasteiger partial charge on any atom is -0.497 e. The number of carbonyl (C=O) groups excluding carboxylic acids is 1. The molecule has 41 heavy (non-hydrogen) atoms. The van der Waals surface area contributed by atoms with E-state index < -0.39 is 12.0 Å². The lowest BCUT2D eigenvalue weighted by Crippen LogP contribution is -2.40. The zero-order valence-corrected chi connectivity index (χ0v) is 25.0. The quantitative estimate of drug-likeness (QED) is 0.316. The maximum atomic E-state index is 14.2. The van der Waals surface area contributed by atoms with Crippen molar-refractivity contribution in [3.8, 4) is 28.7 Å². The van der Waals surface area contributed by atoms with Gasteiger partial charge in [0.25, 0.3) is 5.56 Å². The molecule has 1 aromatic heterocycles. The van der Waals surface area contributed by atoms with E-state index in [9.17, 15) is 9.59 Å². The summed E-state index contributed by atoms with van der Waals surface area (Å²) >= 11 is 1.22. The molecule has 4 rings (SSSR count). The van der Waals surface area contributed by atoms with Crippen molar-refractivity contribution in [3.63, 3.8) is 0 Å². The lowest BCUT2D eigenvalue weighted by Gasteiger charge is -2.27. The Morgan fingerprint density at radius 1 is 0.927 bits per heavy atom. The molecule has 2 heterocycles. The van der Waals surface area contributed by atoms with Crippen LogP contribution in [0.15, 0.2) is 51.4 Å². The van der Waals surface area contributed by atoms with Crippen LogP contribution in [-0.2, 0) is 9.53 Å². The van der Waals surface area contributed by atoms with Gasteiger partial charge in [0.15, 0.2) is 16.3 Å². The van der Waals surface area contributed by atoms with E-state index in [-0.39, 0.29) is 12.2 Å². The first kappa shape index (κ1) is 29.7. The van der Waals surface area contributed by atoms with E-state index >= 15 is 0 Å². The molecule has 1 aliphatic heterocycles. The summed E-state index contributed by atoms with van der Waals surface area (Å²) in [4.78, 5) is 32.9. The molecule has 0 N–H and O–H groups in total. The number of aromatic nitrogens is 1. The summed E-state index contributed by atoms with van der Waals surface area (Å²) in [5.41, 5.74) is 1.72. The Morgan fingerprint density at radius 3 is 2.22 bits per heavy atom. The Bertz CT molecular complexity index is 1650. The summed E-state index contributed by atoms with van der Waals surface area (Å²) in [5.74, 6) is 1.99. The van der Waals surface area contributed by atoms with E-state index in [0.29, 0.717) is 66.9 Å². The molecule has 10 nitrogen and oxygen atoms in total. The van der Waals surface area contributed by atoms with Crippen LogP contribution in [-0.4, -0.2) is 52.7 Å². The number of hydrogen-bond acceptors (Lipinski definition) is 10. The average Bonchev–Trinajstić information content (AvgIpc) is 3.29. The summed E-state index contributed by atoms with van der Waals surface area (Å²) in [6.07, 6.45) is 2.98. The fourth-order valence-electron chi connectivity index (χ4n) is 4.78. The Labute approximate surface area is 242 Å². The second kappa shape index (κ2) is 12.9. The molecule has 218 valence electrons. The predicted molar refractivity (Wildman–Crippen MR) is 155 cm³/mol. The van der Waals surface area contributed by atoms with Crippen molar-refractivity contribution >= 4 is 23.4 Å². The van der Waals surface area contributed by atoms with Crippen molar-refractivity contribution in [2.24, 2.45) is 4.99 Å². The highest BCUT2D eigenvalue weighted by molar-refractivity contribution is 7.07. The maximum Gasteiger partial charge on any atom is 0.338 e. The van der Waals surface area contributed by atoms with Gasteiger partial charge >= 0.3 is 5.97 Å². The SMILES string of the molecule is CCCC1=C(C(=O)OCC)[C@H](c2cc(OC)ccc2OC)n2c(s/c(=C/c3cc(OC)c(OC)cc3OC)c2=O)=N1. The number of esters is 1. The highest BCUT2D eigenvalue weighted by Crippen LogP contribution is 2.39. The van der Waals surface area contributed by atoms with Gasteiger partial charge in [0.2, 0.25) is 0 Å². The van der Waals surface area contributed by atoms with E-state index in [4.69, 9.17) is 33.4 Å². The van der Waals surface area contributed by atoms with Crippen LogP contribution >= 0.6 is 11.3 Å². The summed E-state index contributed by atoms with van der Waals surface area (Å²) in [6.45, 7) is 3.92. The highest BCUT2D eigenvalue weighted by atomic mass is 32.1. The van der Waals surface area contributed by atoms with Gasteiger partial charge in [0, 0.05) is 17.2 Å². The van der Waals surface area contributed by atoms with E-state index in [2.05, 4.69) is 0 Å². The molecule has 0 aliphatic carbocycles. The van der Waals surface area contributed by atoms with Crippen LogP contribution in [0.3, 0.4) is 0 Å². The molecule has 0 bridgehead atoms. The normalized spacial score (nSPS) is 14.7. The number of nitrogens with zero attached hydrogens (tertiary/aromatic N) is 2. The largest absolute Gasteiger partial charge is 0.497 e. The minimum absolute atomic E-state index is 0.174. The number of carbonyl (C=O) groups is 1. The van der Waals surface area contributed by atoms with Crippen molar-refractivity contribution in [1.82, 2.24) is 4.57 Å². The van der Waals surface area contributed by atoms with Gasteiger partial charge in [0.1, 0.15) is 23.3 Å². The Hall–Kier alpha value is -4.25. The van der Waals surface area contributed by atoms with E-state index in [1.54, 1.807) is 57.6 Å². The van der Waals surface area contributed by atoms with Gasteiger partial charge in [-0.3, -0.25) is 9.36 Å². The van der Waals surface area contributed by atoms with Crippen LogP contribution in [0.2, 0.25) is 0 Å². The van der Waals surface area contributed by atoms with Gasteiger partial charge in [-0.1, -0.05) is 24.7 Å². The Balaban J connectivity index is 2.07. The van der Waals surface area contributed by atoms with Gasteiger partial charge in [-0.2, -0.15) is 0 Å². The zero-order chi connectivity index (χ0) is 29.7. The summed E-state index contributed by atoms with van der Waals surface area (Å²) in [5, 5.41) is 0. The lowest BCUT2D eigenvalue weighted by molar-refractivity contribution is -0.139. The maximum absolute atomic E-state index is 14.2. The van der Waals surface area contributed by atoms with E-state index in [1.165, 1.54) is 37.2 Å². The second-order valence-electron chi connectivity index (χ2n) is 8.97. The first-order valence-electron chi connectivity index (χ1n) is 13.1. The third-order valence-electron chi connectivity index (χ3n) is 6.65. The number of ether oxygens (including phenoxy) is 6. The lowest BCUT2D eigenvalue weighted by atomic mass is 9.93. The summed E-state index contributed by atoms with van der Waals surface area (Å²) in [6, 6.07) is 7.87. The molecule has 1 atom stereocenters. The molecule has 0 fully saturated rings. The number of fused-ring (bicyclic) bond motifs is 1. The number of hydrogen-bond donors (Lipinski definition) is 0. The monoisotopic (exact) mass is 582 g/mol. The fourth-order valence-corrected chi connectivity index (χ4v) is 5.79. The molecule has 0 unspecified atom stereocenters. The standard InChI is InChI=1S/C30H34N2O8S/c1-8-10-20-26(29(34)40-9-2)27(19-15-18(35-3)11-12-21(19)36-4)32-28(33)25(41-30(32)31-20)14-17-13-23(38-6)24(39-7)16-22(17)37-5/h11-16,27H,8-10H2,1-7H3/b25-14+/t27-/m0/s1. The molecule has 0 saturated heterocycles. The molecule has 0 spiro atoms. The molecule has 1 aliphatic rings. The van der Waals surface area contributed by atoms with E-state index in [0.717, 1.165) is 6.42 Å². The number of allylic oxidation sites excluding steroid dienone is 1. The topological polar surface area (TPSA) is 107 Å². The summed E-state index contributed by atoms with van der Waals surface area (Å²) < 4.78 is 35.0. The fraction of sp³-hybridized carbons (Fsp3) is 0.367. The van der Waals surface area contributed by atoms with Crippen LogP contribution in [0.5, 0.6) is 28.7 Å². The van der Waals surface area contributed by atoms with Crippen LogP contribution in [0, 0.1) is 0 Å².